The van der Waals surface area contributed by atoms with E-state index < -0.39 is 0 Å². The minimum Gasteiger partial charge on any atom is -0.355 e. The van der Waals surface area contributed by atoms with Gasteiger partial charge in [-0.3, -0.25) is 4.79 Å². The normalized spacial score (nSPS) is 10.8. The van der Waals surface area contributed by atoms with Gasteiger partial charge in [-0.25, -0.2) is 9.07 Å². The fourth-order valence-electron chi connectivity index (χ4n) is 2.45. The van der Waals surface area contributed by atoms with Crippen LogP contribution in [-0.4, -0.2) is 35.3 Å². The Balaban J connectivity index is 2.08. The van der Waals surface area contributed by atoms with Gasteiger partial charge in [0.1, 0.15) is 5.82 Å². The zero-order valence-electron chi connectivity index (χ0n) is 13.8. The van der Waals surface area contributed by atoms with Crippen LogP contribution < -0.4 is 10.6 Å². The van der Waals surface area contributed by atoms with E-state index in [-0.39, 0.29) is 11.7 Å². The molecule has 0 aliphatic rings. The fourth-order valence-corrected chi connectivity index (χ4v) is 2.45. The molecule has 1 amide bonds. The molecule has 23 heavy (non-hydrogen) atoms. The summed E-state index contributed by atoms with van der Waals surface area (Å²) in [5, 5.41) is 10.5. The standard InChI is InChI=1S/C17H23FN4O/c1-4-19-9-10-20-17(23)11-16-12(2)21-22(13(16)3)15-7-5-14(18)6-8-15/h5-8,19H,4,9-11H2,1-3H3,(H,20,23). The lowest BCUT2D eigenvalue weighted by atomic mass is 10.1. The summed E-state index contributed by atoms with van der Waals surface area (Å²) in [5.74, 6) is -0.302. The summed E-state index contributed by atoms with van der Waals surface area (Å²) in [7, 11) is 0. The topological polar surface area (TPSA) is 58.9 Å². The molecule has 0 radical (unpaired) electrons. The second-order valence-electron chi connectivity index (χ2n) is 5.42. The van der Waals surface area contributed by atoms with E-state index in [2.05, 4.69) is 15.7 Å². The van der Waals surface area contributed by atoms with E-state index in [0.717, 1.165) is 35.7 Å². The maximum absolute atomic E-state index is 13.0. The summed E-state index contributed by atoms with van der Waals surface area (Å²) in [5.41, 5.74) is 3.41. The Morgan fingerprint density at radius 3 is 2.57 bits per heavy atom. The maximum atomic E-state index is 13.0. The zero-order chi connectivity index (χ0) is 16.8. The molecule has 2 rings (SSSR count). The minimum absolute atomic E-state index is 0.0206. The van der Waals surface area contributed by atoms with Crippen LogP contribution in [0.25, 0.3) is 5.69 Å². The third-order valence-electron chi connectivity index (χ3n) is 3.72. The van der Waals surface area contributed by atoms with Crippen LogP contribution in [-0.2, 0) is 11.2 Å². The molecule has 2 N–H and O–H groups in total. The SMILES string of the molecule is CCNCCNC(=O)Cc1c(C)nn(-c2ccc(F)cc2)c1C. The van der Waals surface area contributed by atoms with Crippen molar-refractivity contribution >= 4 is 5.91 Å². The zero-order valence-corrected chi connectivity index (χ0v) is 13.8. The average molecular weight is 318 g/mol. The van der Waals surface area contributed by atoms with Gasteiger partial charge in [-0.1, -0.05) is 6.92 Å². The molecule has 0 saturated heterocycles. The second kappa shape index (κ2) is 7.87. The molecule has 5 nitrogen and oxygen atoms in total. The lowest BCUT2D eigenvalue weighted by Gasteiger charge is -2.07. The van der Waals surface area contributed by atoms with Gasteiger partial charge >= 0.3 is 0 Å². The lowest BCUT2D eigenvalue weighted by Crippen LogP contribution is -2.32. The van der Waals surface area contributed by atoms with Crippen molar-refractivity contribution in [3.05, 3.63) is 47.0 Å². The van der Waals surface area contributed by atoms with Gasteiger partial charge in [0.2, 0.25) is 5.91 Å². The highest BCUT2D eigenvalue weighted by molar-refractivity contribution is 5.79. The van der Waals surface area contributed by atoms with Gasteiger partial charge in [0.25, 0.3) is 0 Å². The molecule has 0 saturated carbocycles. The third-order valence-corrected chi connectivity index (χ3v) is 3.72. The van der Waals surface area contributed by atoms with E-state index >= 15 is 0 Å². The summed E-state index contributed by atoms with van der Waals surface area (Å²) in [4.78, 5) is 12.0. The molecular formula is C17H23FN4O. The van der Waals surface area contributed by atoms with Crippen LogP contribution in [0, 0.1) is 19.7 Å². The summed E-state index contributed by atoms with van der Waals surface area (Å²) in [6.07, 6.45) is 0.297. The Bertz CT molecular complexity index is 664. The number of nitrogens with zero attached hydrogens (tertiary/aromatic N) is 2. The first-order valence-corrected chi connectivity index (χ1v) is 7.81. The molecule has 2 aromatic rings. The van der Waals surface area contributed by atoms with Crippen LogP contribution in [0.4, 0.5) is 4.39 Å². The van der Waals surface area contributed by atoms with Crippen molar-refractivity contribution < 1.29 is 9.18 Å². The fraction of sp³-hybridized carbons (Fsp3) is 0.412. The van der Waals surface area contributed by atoms with Gasteiger partial charge in [0.05, 0.1) is 17.8 Å². The van der Waals surface area contributed by atoms with E-state index in [9.17, 15) is 9.18 Å². The van der Waals surface area contributed by atoms with Crippen molar-refractivity contribution in [2.24, 2.45) is 0 Å². The number of carbonyl (C=O) groups excluding carboxylic acids is 1. The van der Waals surface area contributed by atoms with Crippen LogP contribution in [0.3, 0.4) is 0 Å². The first-order valence-electron chi connectivity index (χ1n) is 7.81. The summed E-state index contributed by atoms with van der Waals surface area (Å²) >= 11 is 0. The minimum atomic E-state index is -0.282. The van der Waals surface area contributed by atoms with Crippen molar-refractivity contribution in [2.45, 2.75) is 27.2 Å². The van der Waals surface area contributed by atoms with Crippen molar-refractivity contribution in [1.29, 1.82) is 0 Å². The molecule has 1 aromatic heterocycles. The largest absolute Gasteiger partial charge is 0.355 e. The van der Waals surface area contributed by atoms with E-state index in [4.69, 9.17) is 0 Å². The molecule has 0 fully saturated rings. The van der Waals surface area contributed by atoms with Crippen LogP contribution >= 0.6 is 0 Å². The van der Waals surface area contributed by atoms with Gasteiger partial charge < -0.3 is 10.6 Å². The molecule has 0 atom stereocenters. The molecule has 1 heterocycles. The van der Waals surface area contributed by atoms with Gasteiger partial charge in [-0.05, 0) is 44.7 Å². The van der Waals surface area contributed by atoms with Crippen LogP contribution in [0.15, 0.2) is 24.3 Å². The van der Waals surface area contributed by atoms with E-state index in [0.29, 0.717) is 13.0 Å². The molecule has 0 unspecified atom stereocenters. The smallest absolute Gasteiger partial charge is 0.224 e. The van der Waals surface area contributed by atoms with Crippen molar-refractivity contribution in [1.82, 2.24) is 20.4 Å². The molecule has 6 heteroatoms. The number of amides is 1. The first kappa shape index (κ1) is 17.1. The number of hydrogen-bond acceptors (Lipinski definition) is 3. The molecule has 1 aromatic carbocycles. The number of aryl methyl sites for hydroxylation is 1. The van der Waals surface area contributed by atoms with Gasteiger partial charge in [-0.15, -0.1) is 0 Å². The number of aromatic nitrogens is 2. The Morgan fingerprint density at radius 1 is 1.22 bits per heavy atom. The van der Waals surface area contributed by atoms with E-state index in [1.54, 1.807) is 16.8 Å². The van der Waals surface area contributed by atoms with Crippen LogP contribution in [0.5, 0.6) is 0 Å². The highest BCUT2D eigenvalue weighted by Crippen LogP contribution is 2.18. The van der Waals surface area contributed by atoms with Gasteiger partial charge in [0, 0.05) is 24.3 Å². The number of nitrogens with one attached hydrogen (secondary N) is 2. The maximum Gasteiger partial charge on any atom is 0.224 e. The first-order chi connectivity index (χ1) is 11.0. The predicted octanol–water partition coefficient (Wildman–Crippen LogP) is 1.90. The van der Waals surface area contributed by atoms with E-state index in [1.807, 2.05) is 20.8 Å². The van der Waals surface area contributed by atoms with Crippen LogP contribution in [0.2, 0.25) is 0 Å². The second-order valence-corrected chi connectivity index (χ2v) is 5.42. The highest BCUT2D eigenvalue weighted by atomic mass is 19.1. The van der Waals surface area contributed by atoms with Gasteiger partial charge in [-0.2, -0.15) is 5.10 Å². The number of halogens is 1. The molecule has 0 spiro atoms. The van der Waals surface area contributed by atoms with Crippen molar-refractivity contribution in [2.75, 3.05) is 19.6 Å². The Labute approximate surface area is 135 Å². The molecule has 0 aliphatic carbocycles. The summed E-state index contributed by atoms with van der Waals surface area (Å²) < 4.78 is 14.8. The summed E-state index contributed by atoms with van der Waals surface area (Å²) in [6, 6.07) is 6.15. The molecule has 0 aliphatic heterocycles. The summed E-state index contributed by atoms with van der Waals surface area (Å²) in [6.45, 7) is 8.09. The lowest BCUT2D eigenvalue weighted by molar-refractivity contribution is -0.120. The Morgan fingerprint density at radius 2 is 1.91 bits per heavy atom. The highest BCUT2D eigenvalue weighted by Gasteiger charge is 2.15. The number of likely N-dealkylation sites (N-methyl/N-ethyl adjacent to an activating group) is 1. The Kier molecular flexibility index (Phi) is 5.87. The number of hydrogen-bond donors (Lipinski definition) is 2. The molecular weight excluding hydrogens is 295 g/mol. The average Bonchev–Trinajstić information content (AvgIpc) is 2.80. The Hall–Kier alpha value is -2.21. The van der Waals surface area contributed by atoms with E-state index in [1.165, 1.54) is 12.1 Å². The van der Waals surface area contributed by atoms with Crippen molar-refractivity contribution in [3.63, 3.8) is 0 Å². The monoisotopic (exact) mass is 318 g/mol. The van der Waals surface area contributed by atoms with Crippen molar-refractivity contribution in [3.8, 4) is 5.69 Å². The number of benzene rings is 1. The number of rotatable bonds is 7. The predicted molar refractivity (Wildman–Crippen MR) is 88.3 cm³/mol. The van der Waals surface area contributed by atoms with Gasteiger partial charge in [0.15, 0.2) is 0 Å². The van der Waals surface area contributed by atoms with Crippen LogP contribution in [0.1, 0.15) is 23.9 Å². The number of carbonyl (C=O) groups is 1. The molecule has 124 valence electrons. The third kappa shape index (κ3) is 4.39. The molecule has 0 bridgehead atoms. The quantitative estimate of drug-likeness (QED) is 0.767.